The van der Waals surface area contributed by atoms with E-state index in [9.17, 15) is 4.79 Å². The van der Waals surface area contributed by atoms with Crippen molar-refractivity contribution in [3.8, 4) is 16.9 Å². The van der Waals surface area contributed by atoms with E-state index in [1.165, 1.54) is 5.56 Å². The summed E-state index contributed by atoms with van der Waals surface area (Å²) < 4.78 is 6.17. The predicted molar refractivity (Wildman–Crippen MR) is 111 cm³/mol. The molecule has 4 rings (SSSR count). The molecule has 28 heavy (non-hydrogen) atoms. The Kier molecular flexibility index (Phi) is 5.58. The van der Waals surface area contributed by atoms with Crippen LogP contribution in [0.2, 0.25) is 5.02 Å². The van der Waals surface area contributed by atoms with Crippen LogP contribution in [0.4, 0.5) is 0 Å². The molecule has 5 heteroatoms. The highest BCUT2D eigenvalue weighted by Gasteiger charge is 2.26. The molecule has 0 radical (unpaired) electrons. The predicted octanol–water partition coefficient (Wildman–Crippen LogP) is 4.45. The molecule has 1 unspecified atom stereocenters. The second kappa shape index (κ2) is 8.44. The van der Waals surface area contributed by atoms with Gasteiger partial charge in [-0.15, -0.1) is 0 Å². The Bertz CT molecular complexity index is 975. The molecule has 1 amide bonds. The minimum atomic E-state index is -0.0535. The Hall–Kier alpha value is -2.85. The van der Waals surface area contributed by atoms with E-state index >= 15 is 0 Å². The topological polar surface area (TPSA) is 51.2 Å². The second-order valence-electron chi connectivity index (χ2n) is 6.87. The van der Waals surface area contributed by atoms with Gasteiger partial charge in [-0.1, -0.05) is 48.0 Å². The zero-order chi connectivity index (χ0) is 19.3. The van der Waals surface area contributed by atoms with Gasteiger partial charge < -0.3 is 10.1 Å². The van der Waals surface area contributed by atoms with Gasteiger partial charge in [0, 0.05) is 35.8 Å². The van der Waals surface area contributed by atoms with E-state index in [1.54, 1.807) is 12.4 Å². The molecule has 2 heterocycles. The monoisotopic (exact) mass is 392 g/mol. The van der Waals surface area contributed by atoms with Crippen molar-refractivity contribution in [3.63, 3.8) is 0 Å². The van der Waals surface area contributed by atoms with Crippen molar-refractivity contribution in [2.75, 3.05) is 6.54 Å². The minimum Gasteiger partial charge on any atom is -0.487 e. The molecule has 0 saturated carbocycles. The molecule has 1 N–H and O–H groups in total. The van der Waals surface area contributed by atoms with Gasteiger partial charge in [-0.2, -0.15) is 0 Å². The number of nitrogens with one attached hydrogen (secondary N) is 1. The van der Waals surface area contributed by atoms with Crippen LogP contribution in [-0.4, -0.2) is 23.5 Å². The summed E-state index contributed by atoms with van der Waals surface area (Å²) in [6, 6.07) is 17.8. The van der Waals surface area contributed by atoms with Crippen molar-refractivity contribution in [2.24, 2.45) is 0 Å². The molecule has 1 aliphatic rings. The van der Waals surface area contributed by atoms with Crippen molar-refractivity contribution in [2.45, 2.75) is 25.4 Å². The van der Waals surface area contributed by atoms with Gasteiger partial charge in [0.1, 0.15) is 11.9 Å². The Balaban J connectivity index is 1.33. The highest BCUT2D eigenvalue weighted by molar-refractivity contribution is 6.31. The van der Waals surface area contributed by atoms with E-state index in [2.05, 4.69) is 22.4 Å². The maximum Gasteiger partial charge on any atom is 0.220 e. The summed E-state index contributed by atoms with van der Waals surface area (Å²) >= 11 is 6.15. The highest BCUT2D eigenvalue weighted by atomic mass is 35.5. The number of benzene rings is 2. The van der Waals surface area contributed by atoms with Gasteiger partial charge in [0.25, 0.3) is 0 Å². The van der Waals surface area contributed by atoms with Gasteiger partial charge in [0.2, 0.25) is 5.91 Å². The molecule has 1 atom stereocenters. The first-order valence-corrected chi connectivity index (χ1v) is 9.77. The third-order valence-electron chi connectivity index (χ3n) is 4.93. The van der Waals surface area contributed by atoms with E-state index < -0.39 is 0 Å². The third kappa shape index (κ3) is 4.18. The molecule has 0 saturated heterocycles. The van der Waals surface area contributed by atoms with Crippen LogP contribution in [0.25, 0.3) is 11.1 Å². The largest absolute Gasteiger partial charge is 0.487 e. The van der Waals surface area contributed by atoms with Gasteiger partial charge >= 0.3 is 0 Å². The number of aromatic nitrogens is 1. The minimum absolute atomic E-state index is 0.00818. The zero-order valence-corrected chi connectivity index (χ0v) is 16.2. The van der Waals surface area contributed by atoms with Gasteiger partial charge in [0.15, 0.2) is 0 Å². The molecular formula is C23H21ClN2O2. The number of hydrogen-bond donors (Lipinski definition) is 1. The fourth-order valence-electron chi connectivity index (χ4n) is 3.48. The van der Waals surface area contributed by atoms with E-state index in [0.717, 1.165) is 28.9 Å². The third-order valence-corrected chi connectivity index (χ3v) is 5.29. The molecule has 0 spiro atoms. The van der Waals surface area contributed by atoms with Crippen LogP contribution in [0.5, 0.6) is 5.75 Å². The molecule has 0 fully saturated rings. The lowest BCUT2D eigenvalue weighted by molar-refractivity contribution is -0.121. The highest BCUT2D eigenvalue weighted by Crippen LogP contribution is 2.38. The Morgan fingerprint density at radius 3 is 2.75 bits per heavy atom. The maximum absolute atomic E-state index is 12.2. The molecule has 1 aromatic heterocycles. The molecule has 2 aromatic carbocycles. The summed E-state index contributed by atoms with van der Waals surface area (Å²) in [7, 11) is 0. The number of rotatable bonds is 6. The lowest BCUT2D eigenvalue weighted by atomic mass is 10.0. The van der Waals surface area contributed by atoms with Crippen molar-refractivity contribution in [3.05, 3.63) is 83.1 Å². The number of hydrogen-bond acceptors (Lipinski definition) is 3. The van der Waals surface area contributed by atoms with Crippen molar-refractivity contribution >= 4 is 17.5 Å². The quantitative estimate of drug-likeness (QED) is 0.674. The number of pyridine rings is 1. The van der Waals surface area contributed by atoms with Crippen LogP contribution in [-0.2, 0) is 17.6 Å². The van der Waals surface area contributed by atoms with Crippen LogP contribution >= 0.6 is 11.6 Å². The van der Waals surface area contributed by atoms with Crippen LogP contribution < -0.4 is 10.1 Å². The Morgan fingerprint density at radius 2 is 1.93 bits per heavy atom. The lowest BCUT2D eigenvalue weighted by Crippen LogP contribution is -2.34. The summed E-state index contributed by atoms with van der Waals surface area (Å²) in [5.74, 6) is 0.915. The summed E-state index contributed by atoms with van der Waals surface area (Å²) in [4.78, 5) is 16.3. The first kappa shape index (κ1) is 18.5. The standard InChI is InChI=1S/C23H21ClN2O2/c24-21-7-2-1-4-17(21)8-9-22(27)26-15-19-14-18-5-3-6-20(23(18)28-19)16-10-12-25-13-11-16/h1-7,10-13,19H,8-9,14-15H2,(H,26,27). The van der Waals surface area contributed by atoms with Gasteiger partial charge in [-0.3, -0.25) is 9.78 Å². The number of fused-ring (bicyclic) bond motifs is 1. The number of nitrogens with zero attached hydrogens (tertiary/aromatic N) is 1. The summed E-state index contributed by atoms with van der Waals surface area (Å²) in [6.07, 6.45) is 5.33. The molecule has 142 valence electrons. The maximum atomic E-state index is 12.2. The van der Waals surface area contributed by atoms with Gasteiger partial charge in [-0.05, 0) is 41.3 Å². The molecule has 0 bridgehead atoms. The zero-order valence-electron chi connectivity index (χ0n) is 15.4. The van der Waals surface area contributed by atoms with Crippen LogP contribution in [0, 0.1) is 0 Å². The molecule has 3 aromatic rings. The smallest absolute Gasteiger partial charge is 0.220 e. The SMILES string of the molecule is O=C(CCc1ccccc1Cl)NCC1Cc2cccc(-c3ccncc3)c2O1. The van der Waals surface area contributed by atoms with Crippen LogP contribution in [0.3, 0.4) is 0 Å². The molecule has 0 aliphatic carbocycles. The average molecular weight is 393 g/mol. The van der Waals surface area contributed by atoms with E-state index in [1.807, 2.05) is 42.5 Å². The number of aryl methyl sites for hydroxylation is 1. The van der Waals surface area contributed by atoms with Crippen molar-refractivity contribution in [1.82, 2.24) is 10.3 Å². The fourth-order valence-corrected chi connectivity index (χ4v) is 3.71. The lowest BCUT2D eigenvalue weighted by Gasteiger charge is -2.14. The van der Waals surface area contributed by atoms with Crippen molar-refractivity contribution < 1.29 is 9.53 Å². The fraction of sp³-hybridized carbons (Fsp3) is 0.217. The molecule has 4 nitrogen and oxygen atoms in total. The van der Waals surface area contributed by atoms with Crippen molar-refractivity contribution in [1.29, 1.82) is 0 Å². The second-order valence-corrected chi connectivity index (χ2v) is 7.28. The number of amides is 1. The van der Waals surface area contributed by atoms with Crippen LogP contribution in [0.1, 0.15) is 17.5 Å². The Labute approximate surface area is 169 Å². The summed E-state index contributed by atoms with van der Waals surface area (Å²) in [5, 5.41) is 3.69. The summed E-state index contributed by atoms with van der Waals surface area (Å²) in [5.41, 5.74) is 4.30. The molecular weight excluding hydrogens is 372 g/mol. The molecule has 1 aliphatic heterocycles. The summed E-state index contributed by atoms with van der Waals surface area (Å²) in [6.45, 7) is 0.492. The first-order valence-electron chi connectivity index (χ1n) is 9.40. The number of carbonyl (C=O) groups excluding carboxylic acids is 1. The van der Waals surface area contributed by atoms with E-state index in [-0.39, 0.29) is 12.0 Å². The van der Waals surface area contributed by atoms with Gasteiger partial charge in [0.05, 0.1) is 6.54 Å². The normalized spacial score (nSPS) is 15.0. The number of para-hydroxylation sites is 1. The average Bonchev–Trinajstić information content (AvgIpc) is 3.15. The van der Waals surface area contributed by atoms with Crippen LogP contribution in [0.15, 0.2) is 67.0 Å². The first-order chi connectivity index (χ1) is 13.7. The van der Waals surface area contributed by atoms with Gasteiger partial charge in [-0.25, -0.2) is 0 Å². The van der Waals surface area contributed by atoms with E-state index in [4.69, 9.17) is 16.3 Å². The Morgan fingerprint density at radius 1 is 1.11 bits per heavy atom. The number of halogens is 1. The van der Waals surface area contributed by atoms with E-state index in [0.29, 0.717) is 24.4 Å². The number of ether oxygens (including phenoxy) is 1. The number of carbonyl (C=O) groups is 1.